The molecule has 9 heteroatoms. The van der Waals surface area contributed by atoms with Crippen molar-refractivity contribution in [1.82, 2.24) is 0 Å². The Kier molecular flexibility index (Phi) is 5.07. The smallest absolute Gasteiger partial charge is 0.369 e. The van der Waals surface area contributed by atoms with Crippen LogP contribution in [-0.4, -0.2) is 14.3 Å². The van der Waals surface area contributed by atoms with Crippen LogP contribution in [0.15, 0.2) is 53.4 Å². The molecule has 25 heavy (non-hydrogen) atoms. The predicted molar refractivity (Wildman–Crippen MR) is 86.3 cm³/mol. The minimum Gasteiger partial charge on any atom is -0.369 e. The molecule has 0 bridgehead atoms. The van der Waals surface area contributed by atoms with Gasteiger partial charge in [-0.05, 0) is 48.9 Å². The molecule has 0 aliphatic carbocycles. The second kappa shape index (κ2) is 6.75. The molecule has 1 atom stereocenters. The number of amides is 1. The molecular weight excluding hydrogens is 357 g/mol. The highest BCUT2D eigenvalue weighted by atomic mass is 32.2. The number of halogens is 3. The number of hydrogen-bond donors (Lipinski definition) is 2. The maximum atomic E-state index is 12.5. The van der Waals surface area contributed by atoms with E-state index in [-0.39, 0.29) is 10.6 Å². The Morgan fingerprint density at radius 2 is 1.56 bits per heavy atom. The summed E-state index contributed by atoms with van der Waals surface area (Å²) >= 11 is 0. The number of benzene rings is 2. The van der Waals surface area contributed by atoms with Crippen LogP contribution < -0.4 is 10.5 Å². The van der Waals surface area contributed by atoms with Gasteiger partial charge >= 0.3 is 6.18 Å². The summed E-state index contributed by atoms with van der Waals surface area (Å²) in [4.78, 5) is 10.8. The molecule has 0 heterocycles. The summed E-state index contributed by atoms with van der Waals surface area (Å²) in [6.07, 6.45) is -4.54. The quantitative estimate of drug-likeness (QED) is 0.845. The van der Waals surface area contributed by atoms with Crippen molar-refractivity contribution in [1.29, 1.82) is 0 Å². The number of hydrogen-bond acceptors (Lipinski definition) is 3. The summed E-state index contributed by atoms with van der Waals surface area (Å²) in [7, 11) is -4.03. The van der Waals surface area contributed by atoms with E-state index in [4.69, 9.17) is 5.73 Å². The van der Waals surface area contributed by atoms with Gasteiger partial charge in [0.25, 0.3) is 10.0 Å². The molecular formula is C16H15F3N2O3S. The highest BCUT2D eigenvalue weighted by Crippen LogP contribution is 2.30. The lowest BCUT2D eigenvalue weighted by molar-refractivity contribution is -0.137. The average Bonchev–Trinajstić information content (AvgIpc) is 2.54. The highest BCUT2D eigenvalue weighted by Gasteiger charge is 2.30. The number of nitrogens with one attached hydrogen (secondary N) is 1. The molecule has 0 saturated heterocycles. The van der Waals surface area contributed by atoms with E-state index in [1.807, 2.05) is 0 Å². The molecule has 3 N–H and O–H groups in total. The minimum absolute atomic E-state index is 0.209. The Hall–Kier alpha value is -2.55. The third kappa shape index (κ3) is 4.50. The van der Waals surface area contributed by atoms with Crippen molar-refractivity contribution in [3.8, 4) is 0 Å². The summed E-state index contributed by atoms with van der Waals surface area (Å²) in [6, 6.07) is 9.13. The lowest BCUT2D eigenvalue weighted by Crippen LogP contribution is -2.18. The first kappa shape index (κ1) is 18.8. The average molecular weight is 372 g/mol. The van der Waals surface area contributed by atoms with Gasteiger partial charge in [-0.3, -0.25) is 9.52 Å². The summed E-state index contributed by atoms with van der Waals surface area (Å²) in [5.41, 5.74) is 5.09. The third-order valence-electron chi connectivity index (χ3n) is 3.58. The number of carbonyl (C=O) groups excluding carboxylic acids is 1. The van der Waals surface area contributed by atoms with Gasteiger partial charge in [-0.1, -0.05) is 12.1 Å². The van der Waals surface area contributed by atoms with Crippen molar-refractivity contribution in [3.63, 3.8) is 0 Å². The van der Waals surface area contributed by atoms with E-state index >= 15 is 0 Å². The van der Waals surface area contributed by atoms with Crippen LogP contribution in [0.3, 0.4) is 0 Å². The molecule has 0 spiro atoms. The van der Waals surface area contributed by atoms with Crippen LogP contribution in [0.2, 0.25) is 0 Å². The maximum absolute atomic E-state index is 12.5. The second-order valence-corrected chi connectivity index (χ2v) is 7.06. The van der Waals surface area contributed by atoms with E-state index in [2.05, 4.69) is 4.72 Å². The van der Waals surface area contributed by atoms with Gasteiger partial charge in [-0.25, -0.2) is 8.42 Å². The van der Waals surface area contributed by atoms with E-state index in [1.54, 1.807) is 19.1 Å². The predicted octanol–water partition coefficient (Wildman–Crippen LogP) is 3.10. The normalized spacial score (nSPS) is 13.3. The van der Waals surface area contributed by atoms with Crippen molar-refractivity contribution < 1.29 is 26.4 Å². The number of primary amides is 1. The first-order valence-electron chi connectivity index (χ1n) is 7.10. The number of carbonyl (C=O) groups is 1. The van der Waals surface area contributed by atoms with Gasteiger partial charge in [0.1, 0.15) is 0 Å². The molecule has 0 saturated carbocycles. The number of sulfonamides is 1. The van der Waals surface area contributed by atoms with Crippen LogP contribution in [0.25, 0.3) is 0 Å². The van der Waals surface area contributed by atoms with Crippen LogP contribution in [0.5, 0.6) is 0 Å². The lowest BCUT2D eigenvalue weighted by atomic mass is 10.0. The Morgan fingerprint density at radius 3 is 2.00 bits per heavy atom. The summed E-state index contributed by atoms with van der Waals surface area (Å²) in [5, 5.41) is 0. The number of anilines is 1. The Morgan fingerprint density at radius 1 is 1.04 bits per heavy atom. The molecule has 0 fully saturated rings. The van der Waals surface area contributed by atoms with Gasteiger partial charge < -0.3 is 5.73 Å². The molecule has 2 rings (SSSR count). The SMILES string of the molecule is C[C@H](C(N)=O)c1ccc(NS(=O)(=O)c2ccc(C(F)(F)F)cc2)cc1. The van der Waals surface area contributed by atoms with Crippen molar-refractivity contribution in [3.05, 3.63) is 59.7 Å². The molecule has 5 nitrogen and oxygen atoms in total. The van der Waals surface area contributed by atoms with Crippen LogP contribution in [0.4, 0.5) is 18.9 Å². The van der Waals surface area contributed by atoms with E-state index in [0.29, 0.717) is 17.7 Å². The summed E-state index contributed by atoms with van der Waals surface area (Å²) in [6.45, 7) is 1.61. The maximum Gasteiger partial charge on any atom is 0.416 e. The zero-order valence-electron chi connectivity index (χ0n) is 13.0. The first-order chi connectivity index (χ1) is 11.5. The third-order valence-corrected chi connectivity index (χ3v) is 4.98. The van der Waals surface area contributed by atoms with Gasteiger partial charge in [-0.15, -0.1) is 0 Å². The van der Waals surface area contributed by atoms with E-state index in [1.165, 1.54) is 12.1 Å². The zero-order chi connectivity index (χ0) is 18.8. The Labute approximate surface area is 142 Å². The van der Waals surface area contributed by atoms with Gasteiger partial charge in [0.05, 0.1) is 16.4 Å². The van der Waals surface area contributed by atoms with Crippen LogP contribution in [0.1, 0.15) is 24.0 Å². The minimum atomic E-state index is -4.54. The largest absolute Gasteiger partial charge is 0.416 e. The highest BCUT2D eigenvalue weighted by molar-refractivity contribution is 7.92. The van der Waals surface area contributed by atoms with Crippen molar-refractivity contribution in [2.45, 2.75) is 23.9 Å². The number of rotatable bonds is 5. The summed E-state index contributed by atoms with van der Waals surface area (Å²) in [5.74, 6) is -1.04. The van der Waals surface area contributed by atoms with E-state index < -0.39 is 33.6 Å². The fraction of sp³-hybridized carbons (Fsp3) is 0.188. The monoisotopic (exact) mass is 372 g/mol. The molecule has 2 aromatic rings. The number of alkyl halides is 3. The molecule has 0 aliphatic rings. The Bertz CT molecular complexity index is 861. The fourth-order valence-electron chi connectivity index (χ4n) is 2.04. The van der Waals surface area contributed by atoms with Crippen LogP contribution >= 0.6 is 0 Å². The van der Waals surface area contributed by atoms with Gasteiger partial charge in [-0.2, -0.15) is 13.2 Å². The van der Waals surface area contributed by atoms with Crippen molar-refractivity contribution >= 4 is 21.6 Å². The van der Waals surface area contributed by atoms with E-state index in [9.17, 15) is 26.4 Å². The van der Waals surface area contributed by atoms with Crippen molar-refractivity contribution in [2.24, 2.45) is 5.73 Å². The van der Waals surface area contributed by atoms with Gasteiger partial charge in [0.2, 0.25) is 5.91 Å². The molecule has 0 radical (unpaired) electrons. The molecule has 2 aromatic carbocycles. The zero-order valence-corrected chi connectivity index (χ0v) is 13.9. The topological polar surface area (TPSA) is 89.3 Å². The molecule has 1 amide bonds. The lowest BCUT2D eigenvalue weighted by Gasteiger charge is -2.12. The molecule has 0 aliphatic heterocycles. The van der Waals surface area contributed by atoms with Crippen LogP contribution in [0, 0.1) is 0 Å². The summed E-state index contributed by atoms with van der Waals surface area (Å²) < 4.78 is 64.3. The molecule has 0 unspecified atom stereocenters. The van der Waals surface area contributed by atoms with Crippen LogP contribution in [-0.2, 0) is 21.0 Å². The Balaban J connectivity index is 2.20. The standard InChI is InChI=1S/C16H15F3N2O3S/c1-10(15(20)22)11-2-6-13(7-3-11)21-25(23,24)14-8-4-12(5-9-14)16(17,18)19/h2-10,21H,1H3,(H2,20,22)/t10-/m0/s1. The number of nitrogens with two attached hydrogens (primary N) is 1. The second-order valence-electron chi connectivity index (χ2n) is 5.37. The van der Waals surface area contributed by atoms with E-state index in [0.717, 1.165) is 12.1 Å². The van der Waals surface area contributed by atoms with Crippen molar-refractivity contribution in [2.75, 3.05) is 4.72 Å². The first-order valence-corrected chi connectivity index (χ1v) is 8.58. The molecule has 0 aromatic heterocycles. The van der Waals surface area contributed by atoms with Gasteiger partial charge in [0.15, 0.2) is 0 Å². The van der Waals surface area contributed by atoms with Gasteiger partial charge in [0, 0.05) is 5.69 Å². The molecule has 134 valence electrons. The fourth-order valence-corrected chi connectivity index (χ4v) is 3.10.